The van der Waals surface area contributed by atoms with E-state index < -0.39 is 31.9 Å². The van der Waals surface area contributed by atoms with Gasteiger partial charge in [0.2, 0.25) is 10.0 Å². The number of carbonyl (C=O) groups is 1. The zero-order valence-corrected chi connectivity index (χ0v) is 17.3. The first-order chi connectivity index (χ1) is 11.0. The van der Waals surface area contributed by atoms with Crippen molar-refractivity contribution in [3.05, 3.63) is 42.2 Å². The van der Waals surface area contributed by atoms with Gasteiger partial charge >= 0.3 is 39.8 Å². The number of sulfonamides is 1. The number of nitrogens with zero attached hydrogens (tertiary/aromatic N) is 2. The van der Waals surface area contributed by atoms with Crippen LogP contribution in [0.15, 0.2) is 41.4 Å². The molecular weight excluding hydrogens is 381 g/mol. The molecule has 0 aliphatic carbocycles. The maximum atomic E-state index is 12.0. The normalized spacial score (nSPS) is 12.0. The van der Waals surface area contributed by atoms with E-state index in [1.165, 1.54) is 44.4 Å². The predicted octanol–water partition coefficient (Wildman–Crippen LogP) is -4.18. The van der Waals surface area contributed by atoms with Crippen molar-refractivity contribution in [2.75, 3.05) is 14.1 Å². The second-order valence-corrected chi connectivity index (χ2v) is 8.59. The van der Waals surface area contributed by atoms with Crippen molar-refractivity contribution in [2.24, 2.45) is 5.14 Å². The van der Waals surface area contributed by atoms with Gasteiger partial charge in [0, 0.05) is 25.9 Å². The average Bonchev–Trinajstić information content (AvgIpc) is 2.92. The van der Waals surface area contributed by atoms with Crippen molar-refractivity contribution in [3.63, 3.8) is 0 Å². The Labute approximate surface area is 167 Å². The fourth-order valence-electron chi connectivity index (χ4n) is 2.08. The first-order valence-corrected chi connectivity index (χ1v) is 9.39. The number of rotatable bonds is 5. The van der Waals surface area contributed by atoms with Gasteiger partial charge in [0.15, 0.2) is 0 Å². The van der Waals surface area contributed by atoms with Crippen LogP contribution in [0.5, 0.6) is 0 Å². The molecule has 1 aromatic heterocycles. The van der Waals surface area contributed by atoms with Crippen molar-refractivity contribution in [2.45, 2.75) is 4.90 Å². The molecule has 0 saturated carbocycles. The van der Waals surface area contributed by atoms with E-state index in [4.69, 9.17) is 5.14 Å². The van der Waals surface area contributed by atoms with E-state index in [2.05, 4.69) is 0 Å². The van der Waals surface area contributed by atoms with Crippen LogP contribution in [-0.4, -0.2) is 45.2 Å². The van der Waals surface area contributed by atoms with Gasteiger partial charge in [0.05, 0.1) is 16.6 Å². The Kier molecular flexibility index (Phi) is 6.62. The molecule has 0 aliphatic heterocycles. The monoisotopic (exact) mass is 395 g/mol. The Bertz CT molecular complexity index is 995. The summed E-state index contributed by atoms with van der Waals surface area (Å²) in [5, 5.41) is 16.2. The summed E-state index contributed by atoms with van der Waals surface area (Å²) in [7, 11) is -5.19. The number of nitrogens with two attached hydrogens (primary N) is 1. The van der Waals surface area contributed by atoms with Gasteiger partial charge in [-0.1, -0.05) is 12.1 Å². The molecule has 9 nitrogen and oxygen atoms in total. The fourth-order valence-corrected chi connectivity index (χ4v) is 3.64. The van der Waals surface area contributed by atoms with Gasteiger partial charge in [0.25, 0.3) is 0 Å². The second-order valence-electron chi connectivity index (χ2n) is 5.02. The summed E-state index contributed by atoms with van der Waals surface area (Å²) in [6.45, 7) is 0. The number of hydrogen-bond acceptors (Lipinski definition) is 6. The minimum Gasteiger partial charge on any atom is -0.543 e. The van der Waals surface area contributed by atoms with Gasteiger partial charge in [0.1, 0.15) is 0 Å². The molecule has 0 radical (unpaired) electrons. The van der Waals surface area contributed by atoms with E-state index in [-0.39, 0.29) is 40.0 Å². The van der Waals surface area contributed by atoms with E-state index >= 15 is 0 Å². The number of aromatic nitrogens is 1. The summed E-state index contributed by atoms with van der Waals surface area (Å²) in [4.78, 5) is 11.3. The summed E-state index contributed by atoms with van der Waals surface area (Å²) in [5.74, 6) is -1.73. The third kappa shape index (κ3) is 4.31. The van der Waals surface area contributed by atoms with Gasteiger partial charge in [-0.2, -0.15) is 8.42 Å². The topological polar surface area (TPSA) is 143 Å². The first-order valence-electron chi connectivity index (χ1n) is 6.45. The van der Waals surface area contributed by atoms with Gasteiger partial charge in [-0.25, -0.2) is 21.8 Å². The van der Waals surface area contributed by atoms with Crippen molar-refractivity contribution in [3.8, 4) is 11.1 Å². The van der Waals surface area contributed by atoms with Gasteiger partial charge in [-0.05, 0) is 23.8 Å². The number of benzene rings is 1. The SMILES string of the molecule is CN(C)S(=O)(=O)c1ccc(-c2ccn(S(N)(=O)=O)c2C(=O)[O-])cc1.[Na+]. The van der Waals surface area contributed by atoms with Crippen LogP contribution in [0.1, 0.15) is 10.5 Å². The van der Waals surface area contributed by atoms with Crippen molar-refractivity contribution in [1.29, 1.82) is 0 Å². The number of carboxylic acids is 1. The molecule has 0 amide bonds. The molecule has 25 heavy (non-hydrogen) atoms. The molecule has 0 fully saturated rings. The molecule has 0 saturated heterocycles. The Hall–Kier alpha value is -1.21. The fraction of sp³-hybridized carbons (Fsp3) is 0.154. The minimum absolute atomic E-state index is 0. The van der Waals surface area contributed by atoms with E-state index in [1.807, 2.05) is 0 Å². The molecule has 130 valence electrons. The van der Waals surface area contributed by atoms with Crippen LogP contribution in [-0.2, 0) is 20.2 Å². The standard InChI is InChI=1S/C13H15N3O6S2.Na/c1-15(2)23(19,20)10-5-3-9(4-6-10)11-7-8-16(24(14,21)22)12(11)13(17)18;/h3-8H,1-2H3,(H,17,18)(H2,14,21,22);/q;+1/p-1. The maximum Gasteiger partial charge on any atom is 1.00 e. The van der Waals surface area contributed by atoms with Crippen LogP contribution in [0.3, 0.4) is 0 Å². The molecule has 2 aromatic rings. The van der Waals surface area contributed by atoms with Crippen LogP contribution in [0.4, 0.5) is 0 Å². The molecule has 0 atom stereocenters. The predicted molar refractivity (Wildman–Crippen MR) is 83.6 cm³/mol. The van der Waals surface area contributed by atoms with E-state index in [1.54, 1.807) is 0 Å². The van der Waals surface area contributed by atoms with E-state index in [0.717, 1.165) is 10.5 Å². The van der Waals surface area contributed by atoms with Crippen LogP contribution >= 0.6 is 0 Å². The molecule has 1 heterocycles. The van der Waals surface area contributed by atoms with Gasteiger partial charge < -0.3 is 9.90 Å². The van der Waals surface area contributed by atoms with Gasteiger partial charge in [-0.15, -0.1) is 0 Å². The molecule has 0 unspecified atom stereocenters. The van der Waals surface area contributed by atoms with Gasteiger partial charge in [-0.3, -0.25) is 0 Å². The molecule has 12 heteroatoms. The van der Waals surface area contributed by atoms with Crippen molar-refractivity contribution >= 4 is 26.2 Å². The van der Waals surface area contributed by atoms with Crippen LogP contribution < -0.4 is 39.8 Å². The largest absolute Gasteiger partial charge is 1.00 e. The zero-order chi connectivity index (χ0) is 18.3. The third-order valence-electron chi connectivity index (χ3n) is 3.26. The number of hydrogen-bond donors (Lipinski definition) is 1. The van der Waals surface area contributed by atoms with Crippen LogP contribution in [0.2, 0.25) is 0 Å². The summed E-state index contributed by atoms with van der Waals surface area (Å²) in [6.07, 6.45) is 0.986. The second kappa shape index (κ2) is 7.58. The molecule has 0 aliphatic rings. The third-order valence-corrected chi connectivity index (χ3v) is 5.95. The van der Waals surface area contributed by atoms with Crippen LogP contribution in [0, 0.1) is 0 Å². The Morgan fingerprint density at radius 2 is 1.60 bits per heavy atom. The Balaban J connectivity index is 0.00000312. The molecular formula is C13H14N3NaO6S2. The summed E-state index contributed by atoms with van der Waals surface area (Å²) < 4.78 is 48.3. The molecule has 2 N–H and O–H groups in total. The quantitative estimate of drug-likeness (QED) is 0.509. The maximum absolute atomic E-state index is 12.0. The molecule has 1 aromatic carbocycles. The van der Waals surface area contributed by atoms with Crippen molar-refractivity contribution in [1.82, 2.24) is 8.28 Å². The average molecular weight is 395 g/mol. The smallest absolute Gasteiger partial charge is 0.543 e. The summed E-state index contributed by atoms with van der Waals surface area (Å²) in [5.41, 5.74) is -0.298. The Morgan fingerprint density at radius 3 is 2.00 bits per heavy atom. The first kappa shape index (κ1) is 21.8. The zero-order valence-electron chi connectivity index (χ0n) is 13.7. The number of carbonyl (C=O) groups excluding carboxylic acids is 1. The van der Waals surface area contributed by atoms with E-state index in [0.29, 0.717) is 9.54 Å². The number of aromatic carboxylic acids is 1. The molecule has 0 bridgehead atoms. The summed E-state index contributed by atoms with van der Waals surface area (Å²) >= 11 is 0. The van der Waals surface area contributed by atoms with Crippen LogP contribution in [0.25, 0.3) is 11.1 Å². The molecule has 0 spiro atoms. The number of carboxylic acid groups (broad SMARTS) is 1. The van der Waals surface area contributed by atoms with Crippen molar-refractivity contribution < 1.29 is 56.3 Å². The van der Waals surface area contributed by atoms with E-state index in [9.17, 15) is 26.7 Å². The Morgan fingerprint density at radius 1 is 1.08 bits per heavy atom. The molecule has 2 rings (SSSR count). The minimum atomic E-state index is -4.32. The summed E-state index contributed by atoms with van der Waals surface area (Å²) in [6, 6.07) is 6.55.